The first-order chi connectivity index (χ1) is 18.2. The van der Waals surface area contributed by atoms with Gasteiger partial charge in [0.1, 0.15) is 17.9 Å². The number of ether oxygens (including phenoxy) is 2. The zero-order valence-corrected chi connectivity index (χ0v) is 22.4. The zero-order valence-electron chi connectivity index (χ0n) is 21.7. The van der Waals surface area contributed by atoms with E-state index in [0.717, 1.165) is 37.2 Å². The normalized spacial score (nSPS) is 31.5. The lowest BCUT2D eigenvalue weighted by Gasteiger charge is -2.39. The van der Waals surface area contributed by atoms with Gasteiger partial charge in [0.25, 0.3) is 6.02 Å². The van der Waals surface area contributed by atoms with Crippen LogP contribution in [0.4, 0.5) is 5.82 Å². The summed E-state index contributed by atoms with van der Waals surface area (Å²) < 4.78 is 12.9. The highest BCUT2D eigenvalue weighted by Gasteiger charge is 2.74. The van der Waals surface area contributed by atoms with Crippen molar-refractivity contribution in [3.05, 3.63) is 47.9 Å². The summed E-state index contributed by atoms with van der Waals surface area (Å²) in [6, 6.07) is 9.21. The number of imidazole rings is 1. The maximum atomic E-state index is 12.8. The average molecular weight is 564 g/mol. The van der Waals surface area contributed by atoms with Gasteiger partial charge in [-0.05, 0) is 32.8 Å². The molecule has 6 N–H and O–H groups in total. The highest BCUT2D eigenvalue weighted by Crippen LogP contribution is 2.50. The molecule has 4 rings (SSSR count). The number of aliphatic hydroxyl groups is 3. The largest absolute Gasteiger partial charge is 0.457 e. The predicted molar refractivity (Wildman–Crippen MR) is 137 cm³/mol. The summed E-state index contributed by atoms with van der Waals surface area (Å²) >= 11 is 6.52. The van der Waals surface area contributed by atoms with Gasteiger partial charge in [0, 0.05) is 0 Å². The molecule has 0 aliphatic carbocycles. The third kappa shape index (κ3) is 4.35. The molecular formula is C25H30ClN5O8. The van der Waals surface area contributed by atoms with Crippen molar-refractivity contribution in [2.45, 2.75) is 75.0 Å². The molecule has 14 heteroatoms. The Bertz CT molecular complexity index is 1330. The number of aliphatic hydroxyl groups excluding tert-OH is 2. The number of Topliss-reactive ketones (excluding diaryl/α,β-unsaturated/α-hetero) is 3. The molecular weight excluding hydrogens is 534 g/mol. The van der Waals surface area contributed by atoms with Crippen LogP contribution in [-0.2, 0) is 29.0 Å². The second-order valence-corrected chi connectivity index (χ2v) is 10.2. The third-order valence-electron chi connectivity index (χ3n) is 7.08. The Hall–Kier alpha value is -3.20. The van der Waals surface area contributed by atoms with Gasteiger partial charge >= 0.3 is 0 Å². The second kappa shape index (κ2) is 10.1. The first-order valence-corrected chi connectivity index (χ1v) is 12.5. The SMILES string of the molecule is CCC(OC1=Nc2c(ncn2[C@@H]2O[C@](C(C)=O)(C(O)C(C)=O)[C@](O)(C(C)=O)[C@H]2O)C(N)(Cl)N1)c1ccccc1. The van der Waals surface area contributed by atoms with Gasteiger partial charge in [0.2, 0.25) is 5.12 Å². The van der Waals surface area contributed by atoms with E-state index in [0.29, 0.717) is 6.42 Å². The maximum Gasteiger partial charge on any atom is 0.294 e. The predicted octanol–water partition coefficient (Wildman–Crippen LogP) is 0.437. The van der Waals surface area contributed by atoms with Crippen molar-refractivity contribution in [2.75, 3.05) is 0 Å². The number of benzene rings is 1. The van der Waals surface area contributed by atoms with Gasteiger partial charge in [-0.2, -0.15) is 4.99 Å². The third-order valence-corrected chi connectivity index (χ3v) is 7.35. The molecule has 0 spiro atoms. The van der Waals surface area contributed by atoms with E-state index in [2.05, 4.69) is 15.3 Å². The Kier molecular flexibility index (Phi) is 7.44. The molecule has 210 valence electrons. The molecule has 39 heavy (non-hydrogen) atoms. The number of nitrogens with two attached hydrogens (primary N) is 1. The minimum Gasteiger partial charge on any atom is -0.457 e. The number of aliphatic imine (C=N–C) groups is 1. The lowest BCUT2D eigenvalue weighted by Crippen LogP contribution is -2.70. The van der Waals surface area contributed by atoms with Crippen molar-refractivity contribution in [3.63, 3.8) is 0 Å². The molecule has 3 heterocycles. The summed E-state index contributed by atoms with van der Waals surface area (Å²) in [5, 5.41) is 34.3. The molecule has 1 aromatic carbocycles. The average Bonchev–Trinajstić information content (AvgIpc) is 3.41. The molecule has 3 unspecified atom stereocenters. The Morgan fingerprint density at radius 3 is 2.41 bits per heavy atom. The molecule has 1 aromatic heterocycles. The number of amidine groups is 1. The number of rotatable bonds is 8. The van der Waals surface area contributed by atoms with Gasteiger partial charge in [-0.3, -0.25) is 24.7 Å². The van der Waals surface area contributed by atoms with Crippen LogP contribution in [0.2, 0.25) is 0 Å². The van der Waals surface area contributed by atoms with Crippen LogP contribution in [0, 0.1) is 0 Å². The molecule has 0 amide bonds. The van der Waals surface area contributed by atoms with E-state index in [4.69, 9.17) is 26.8 Å². The molecule has 2 aromatic rings. The van der Waals surface area contributed by atoms with Crippen LogP contribution in [0.15, 0.2) is 41.7 Å². The van der Waals surface area contributed by atoms with Crippen molar-refractivity contribution in [1.82, 2.24) is 14.9 Å². The first-order valence-electron chi connectivity index (χ1n) is 12.1. The van der Waals surface area contributed by atoms with Gasteiger partial charge in [-0.15, -0.1) is 0 Å². The number of halogens is 1. The number of fused-ring (bicyclic) bond motifs is 1. The maximum absolute atomic E-state index is 12.8. The molecule has 0 bridgehead atoms. The van der Waals surface area contributed by atoms with E-state index in [-0.39, 0.29) is 17.5 Å². The lowest BCUT2D eigenvalue weighted by molar-refractivity contribution is -0.201. The number of aromatic nitrogens is 2. The highest BCUT2D eigenvalue weighted by atomic mass is 35.5. The second-order valence-electron chi connectivity index (χ2n) is 9.58. The molecule has 7 atom stereocenters. The van der Waals surface area contributed by atoms with Gasteiger partial charge < -0.3 is 30.1 Å². The number of carbonyl (C=O) groups is 3. The summed E-state index contributed by atoms with van der Waals surface area (Å²) in [6.07, 6.45) is -4.96. The summed E-state index contributed by atoms with van der Waals surface area (Å²) in [5.41, 5.74) is 1.23. The topological polar surface area (TPSA) is 199 Å². The van der Waals surface area contributed by atoms with E-state index in [1.165, 1.54) is 0 Å². The van der Waals surface area contributed by atoms with Gasteiger partial charge in [-0.1, -0.05) is 48.9 Å². The molecule has 0 radical (unpaired) electrons. The van der Waals surface area contributed by atoms with Crippen LogP contribution in [0.3, 0.4) is 0 Å². The van der Waals surface area contributed by atoms with Crippen molar-refractivity contribution >= 4 is 40.8 Å². The first kappa shape index (κ1) is 28.8. The summed E-state index contributed by atoms with van der Waals surface area (Å²) in [5.74, 6) is -3.24. The van der Waals surface area contributed by atoms with Gasteiger partial charge in [0.05, 0.1) is 6.33 Å². The molecule has 2 aliphatic rings. The van der Waals surface area contributed by atoms with Crippen molar-refractivity contribution in [1.29, 1.82) is 0 Å². The van der Waals surface area contributed by atoms with Gasteiger partial charge in [-0.25, -0.2) is 4.98 Å². The number of nitrogens with one attached hydrogen (secondary N) is 1. The highest BCUT2D eigenvalue weighted by molar-refractivity contribution is 6.24. The molecule has 1 saturated heterocycles. The van der Waals surface area contributed by atoms with Crippen molar-refractivity contribution in [2.24, 2.45) is 10.7 Å². The van der Waals surface area contributed by atoms with Crippen LogP contribution in [0.1, 0.15) is 57.7 Å². The zero-order chi connectivity index (χ0) is 28.9. The summed E-state index contributed by atoms with van der Waals surface area (Å²) in [6.45, 7) is 4.67. The van der Waals surface area contributed by atoms with E-state index in [9.17, 15) is 29.7 Å². The Morgan fingerprint density at radius 1 is 1.23 bits per heavy atom. The number of ketones is 3. The van der Waals surface area contributed by atoms with Crippen LogP contribution < -0.4 is 11.1 Å². The quantitative estimate of drug-likeness (QED) is 0.220. The van der Waals surface area contributed by atoms with E-state index in [1.807, 2.05) is 37.3 Å². The Balaban J connectivity index is 1.82. The van der Waals surface area contributed by atoms with E-state index < -0.39 is 58.2 Å². The minimum atomic E-state index is -3.01. The van der Waals surface area contributed by atoms with Crippen LogP contribution in [-0.4, -0.2) is 71.7 Å². The van der Waals surface area contributed by atoms with Crippen molar-refractivity contribution < 1.29 is 39.2 Å². The number of alkyl halides is 1. The minimum absolute atomic E-state index is 0.0288. The van der Waals surface area contributed by atoms with Crippen LogP contribution >= 0.6 is 11.6 Å². The van der Waals surface area contributed by atoms with Gasteiger partial charge in [0.15, 0.2) is 46.7 Å². The lowest BCUT2D eigenvalue weighted by atomic mass is 9.71. The standard InChI is InChI=1S/C25H30ClN5O8/c1-5-16(15-9-7-6-8-10-15)38-22-29-20-17(25(26,27)30-22)28-11-31(20)21-19(36)23(37,13(3)33)24(39-21,14(4)34)18(35)12(2)32/h6-11,16,18-19,21,35-37H,5,27H2,1-4H3,(H,29,30)/t16?,18?,19-,21+,23-,24+,25?/m0/s1. The van der Waals surface area contributed by atoms with E-state index >= 15 is 0 Å². The van der Waals surface area contributed by atoms with Crippen LogP contribution in [0.25, 0.3) is 0 Å². The number of carbonyl (C=O) groups excluding carboxylic acids is 3. The Morgan fingerprint density at radius 2 is 1.87 bits per heavy atom. The molecule has 2 aliphatic heterocycles. The fraction of sp³-hybridized carbons (Fsp3) is 0.480. The summed E-state index contributed by atoms with van der Waals surface area (Å²) in [4.78, 5) is 46.3. The monoisotopic (exact) mass is 563 g/mol. The van der Waals surface area contributed by atoms with E-state index in [1.54, 1.807) is 0 Å². The number of hydrogen-bond acceptors (Lipinski definition) is 12. The molecule has 13 nitrogen and oxygen atoms in total. The fourth-order valence-electron chi connectivity index (χ4n) is 5.04. The van der Waals surface area contributed by atoms with Crippen LogP contribution in [0.5, 0.6) is 0 Å². The summed E-state index contributed by atoms with van der Waals surface area (Å²) in [7, 11) is 0. The Labute approximate surface area is 228 Å². The molecule has 0 saturated carbocycles. The number of nitrogens with zero attached hydrogens (tertiary/aromatic N) is 3. The van der Waals surface area contributed by atoms with Crippen molar-refractivity contribution in [3.8, 4) is 0 Å². The number of hydrogen-bond donors (Lipinski definition) is 5. The molecule has 1 fully saturated rings. The smallest absolute Gasteiger partial charge is 0.294 e. The fourth-order valence-corrected chi connectivity index (χ4v) is 5.26.